The monoisotopic (exact) mass is 251 g/mol. The highest BCUT2D eigenvalue weighted by atomic mass is 35.5. The molecule has 0 saturated carbocycles. The van der Waals surface area contributed by atoms with E-state index in [4.69, 9.17) is 16.3 Å². The van der Waals surface area contributed by atoms with E-state index in [1.54, 1.807) is 11.9 Å². The van der Waals surface area contributed by atoms with Gasteiger partial charge in [0.25, 0.3) is 0 Å². The van der Waals surface area contributed by atoms with E-state index in [9.17, 15) is 4.79 Å². The lowest BCUT2D eigenvalue weighted by Gasteiger charge is -2.49. The Morgan fingerprint density at radius 2 is 2.29 bits per heavy atom. The van der Waals surface area contributed by atoms with Gasteiger partial charge in [0.2, 0.25) is 5.91 Å². The molecule has 90 valence electrons. The van der Waals surface area contributed by atoms with Crippen LogP contribution in [0.5, 0.6) is 5.75 Å². The molecule has 0 aliphatic carbocycles. The van der Waals surface area contributed by atoms with E-state index in [-0.39, 0.29) is 11.8 Å². The minimum atomic E-state index is -0.513. The fourth-order valence-corrected chi connectivity index (χ4v) is 2.96. The molecule has 0 spiro atoms. The van der Waals surface area contributed by atoms with Crippen molar-refractivity contribution in [1.82, 2.24) is 4.90 Å². The van der Waals surface area contributed by atoms with Gasteiger partial charge in [-0.05, 0) is 30.7 Å². The maximum Gasteiger partial charge on any atom is 0.225 e. The van der Waals surface area contributed by atoms with Crippen molar-refractivity contribution in [2.24, 2.45) is 0 Å². The van der Waals surface area contributed by atoms with Gasteiger partial charge in [-0.25, -0.2) is 0 Å². The Kier molecular flexibility index (Phi) is 2.17. The molecule has 4 heteroatoms. The number of halogens is 1. The molecule has 2 aliphatic rings. The molecule has 3 rings (SSSR count). The zero-order valence-electron chi connectivity index (χ0n) is 9.87. The summed E-state index contributed by atoms with van der Waals surface area (Å²) in [7, 11) is 1.81. The molecule has 2 aliphatic heterocycles. The van der Waals surface area contributed by atoms with Crippen LogP contribution in [0.2, 0.25) is 5.02 Å². The molecule has 1 aromatic rings. The van der Waals surface area contributed by atoms with Crippen LogP contribution in [0.15, 0.2) is 18.2 Å². The van der Waals surface area contributed by atoms with Crippen LogP contribution in [0.25, 0.3) is 0 Å². The van der Waals surface area contributed by atoms with Gasteiger partial charge in [0.05, 0.1) is 0 Å². The highest BCUT2D eigenvalue weighted by molar-refractivity contribution is 6.30. The normalized spacial score (nSPS) is 30.9. The third kappa shape index (κ3) is 1.53. The van der Waals surface area contributed by atoms with E-state index >= 15 is 0 Å². The third-order valence-corrected chi connectivity index (χ3v) is 4.11. The Balaban J connectivity index is 2.11. The topological polar surface area (TPSA) is 29.5 Å². The number of amides is 1. The minimum Gasteiger partial charge on any atom is -0.468 e. The molecule has 1 saturated heterocycles. The molecule has 17 heavy (non-hydrogen) atoms. The quantitative estimate of drug-likeness (QED) is 0.710. The number of fused-ring (bicyclic) bond motifs is 4. The Bertz CT molecular complexity index is 502. The molecule has 2 heterocycles. The lowest BCUT2D eigenvalue weighted by Crippen LogP contribution is -2.57. The van der Waals surface area contributed by atoms with Crippen LogP contribution in [0, 0.1) is 0 Å². The number of carbonyl (C=O) groups excluding carboxylic acids is 1. The molecular weight excluding hydrogens is 238 g/mol. The summed E-state index contributed by atoms with van der Waals surface area (Å²) < 4.78 is 5.97. The molecule has 1 fully saturated rings. The highest BCUT2D eigenvalue weighted by Gasteiger charge is 2.47. The average Bonchev–Trinajstić information content (AvgIpc) is 2.27. The van der Waals surface area contributed by atoms with Gasteiger partial charge in [0.15, 0.2) is 5.72 Å². The Morgan fingerprint density at radius 3 is 3.06 bits per heavy atom. The number of likely N-dealkylation sites (tertiary alicyclic amines) is 1. The van der Waals surface area contributed by atoms with E-state index in [0.29, 0.717) is 11.4 Å². The lowest BCUT2D eigenvalue weighted by atomic mass is 9.81. The minimum absolute atomic E-state index is 0.134. The number of piperidine rings is 1. The van der Waals surface area contributed by atoms with E-state index in [1.165, 1.54) is 0 Å². The number of nitrogens with zero attached hydrogens (tertiary/aromatic N) is 1. The van der Waals surface area contributed by atoms with Gasteiger partial charge in [0.1, 0.15) is 5.75 Å². The molecule has 0 radical (unpaired) electrons. The van der Waals surface area contributed by atoms with Crippen molar-refractivity contribution in [1.29, 1.82) is 0 Å². The van der Waals surface area contributed by atoms with Crippen LogP contribution in [0.4, 0.5) is 0 Å². The summed E-state index contributed by atoms with van der Waals surface area (Å²) in [6, 6.07) is 5.64. The maximum atomic E-state index is 11.9. The first-order chi connectivity index (χ1) is 7.99. The first kappa shape index (κ1) is 10.9. The van der Waals surface area contributed by atoms with Crippen LogP contribution in [-0.4, -0.2) is 23.6 Å². The number of ether oxygens (including phenoxy) is 1. The SMILES string of the molecule is CN1C(=O)C[C@H]2C[C@@]1(C)Oc1ccc(Cl)cc12. The highest BCUT2D eigenvalue weighted by Crippen LogP contribution is 2.47. The second-order valence-electron chi connectivity index (χ2n) is 5.02. The summed E-state index contributed by atoms with van der Waals surface area (Å²) >= 11 is 6.00. The average molecular weight is 252 g/mol. The zero-order chi connectivity index (χ0) is 12.2. The molecule has 0 aromatic heterocycles. The predicted molar refractivity (Wildman–Crippen MR) is 65.2 cm³/mol. The van der Waals surface area contributed by atoms with Gasteiger partial charge in [-0.2, -0.15) is 0 Å². The molecule has 0 N–H and O–H groups in total. The standard InChI is InChI=1S/C13H14ClNO2/c1-13-7-8(5-12(16)15(13)2)10-6-9(14)3-4-11(10)17-13/h3-4,6,8H,5,7H2,1-2H3/t8-,13+/m0/s1. The zero-order valence-corrected chi connectivity index (χ0v) is 10.6. The van der Waals surface area contributed by atoms with Crippen molar-refractivity contribution in [3.63, 3.8) is 0 Å². The van der Waals surface area contributed by atoms with Crippen LogP contribution in [-0.2, 0) is 4.79 Å². The van der Waals surface area contributed by atoms with E-state index < -0.39 is 5.72 Å². The summed E-state index contributed by atoms with van der Waals surface area (Å²) in [6.07, 6.45) is 1.38. The second-order valence-corrected chi connectivity index (χ2v) is 5.45. The summed E-state index contributed by atoms with van der Waals surface area (Å²) in [5.41, 5.74) is 0.553. The van der Waals surface area contributed by atoms with Gasteiger partial charge >= 0.3 is 0 Å². The number of carbonyl (C=O) groups is 1. The number of hydrogen-bond acceptors (Lipinski definition) is 2. The summed E-state index contributed by atoms with van der Waals surface area (Å²) in [5.74, 6) is 1.22. The van der Waals surface area contributed by atoms with E-state index in [2.05, 4.69) is 0 Å². The molecule has 2 bridgehead atoms. The molecule has 2 atom stereocenters. The molecular formula is C13H14ClNO2. The predicted octanol–water partition coefficient (Wildman–Crippen LogP) is 2.78. The van der Waals surface area contributed by atoms with Crippen LogP contribution in [0.1, 0.15) is 31.2 Å². The maximum absolute atomic E-state index is 11.9. The fourth-order valence-electron chi connectivity index (χ4n) is 2.78. The van der Waals surface area contributed by atoms with Crippen molar-refractivity contribution in [3.8, 4) is 5.75 Å². The number of benzene rings is 1. The van der Waals surface area contributed by atoms with Crippen LogP contribution < -0.4 is 4.74 Å². The second kappa shape index (κ2) is 3.39. The fraction of sp³-hybridized carbons (Fsp3) is 0.462. The van der Waals surface area contributed by atoms with Gasteiger partial charge in [-0.1, -0.05) is 11.6 Å². The Hall–Kier alpha value is -1.22. The van der Waals surface area contributed by atoms with Crippen LogP contribution >= 0.6 is 11.6 Å². The molecule has 3 nitrogen and oxygen atoms in total. The van der Waals surface area contributed by atoms with Crippen molar-refractivity contribution in [2.75, 3.05) is 7.05 Å². The van der Waals surface area contributed by atoms with Crippen molar-refractivity contribution >= 4 is 17.5 Å². The van der Waals surface area contributed by atoms with Crippen molar-refractivity contribution < 1.29 is 9.53 Å². The third-order valence-electron chi connectivity index (χ3n) is 3.87. The van der Waals surface area contributed by atoms with Crippen molar-refractivity contribution in [3.05, 3.63) is 28.8 Å². The Labute approximate surface area is 105 Å². The smallest absolute Gasteiger partial charge is 0.225 e. The first-order valence-corrected chi connectivity index (χ1v) is 6.12. The molecule has 1 amide bonds. The van der Waals surface area contributed by atoms with Gasteiger partial charge < -0.3 is 9.64 Å². The first-order valence-electron chi connectivity index (χ1n) is 5.75. The number of hydrogen-bond donors (Lipinski definition) is 0. The van der Waals surface area contributed by atoms with Gasteiger partial charge in [-0.3, -0.25) is 4.79 Å². The van der Waals surface area contributed by atoms with E-state index in [0.717, 1.165) is 17.7 Å². The Morgan fingerprint density at radius 1 is 1.53 bits per heavy atom. The number of rotatable bonds is 0. The van der Waals surface area contributed by atoms with Crippen molar-refractivity contribution in [2.45, 2.75) is 31.4 Å². The molecule has 0 unspecified atom stereocenters. The van der Waals surface area contributed by atoms with Crippen LogP contribution in [0.3, 0.4) is 0 Å². The summed E-state index contributed by atoms with van der Waals surface area (Å²) in [6.45, 7) is 1.97. The van der Waals surface area contributed by atoms with E-state index in [1.807, 2.05) is 25.1 Å². The molecule has 1 aromatic carbocycles. The lowest BCUT2D eigenvalue weighted by molar-refractivity contribution is -0.160. The largest absolute Gasteiger partial charge is 0.468 e. The summed E-state index contributed by atoms with van der Waals surface area (Å²) in [5, 5.41) is 0.697. The summed E-state index contributed by atoms with van der Waals surface area (Å²) in [4.78, 5) is 13.6. The van der Waals surface area contributed by atoms with Gasteiger partial charge in [0, 0.05) is 30.8 Å². The van der Waals surface area contributed by atoms with Gasteiger partial charge in [-0.15, -0.1) is 0 Å².